The lowest BCUT2D eigenvalue weighted by molar-refractivity contribution is -0.135. The van der Waals surface area contributed by atoms with E-state index in [2.05, 4.69) is 25.2 Å². The van der Waals surface area contributed by atoms with Gasteiger partial charge in [-0.05, 0) is 60.8 Å². The second kappa shape index (κ2) is 9.12. The first-order valence-electron chi connectivity index (χ1n) is 12.0. The molecule has 4 rings (SSSR count). The lowest BCUT2D eigenvalue weighted by Crippen LogP contribution is -2.48. The second-order valence-corrected chi connectivity index (χ2v) is 10.1. The Hall–Kier alpha value is -2.95. The van der Waals surface area contributed by atoms with Crippen molar-refractivity contribution in [2.45, 2.75) is 63.7 Å². The molecule has 5 heteroatoms. The third kappa shape index (κ3) is 4.46. The number of hydrogen-bond donors (Lipinski definition) is 1. The third-order valence-corrected chi connectivity index (χ3v) is 7.74. The van der Waals surface area contributed by atoms with E-state index in [0.29, 0.717) is 32.5 Å². The number of nitrogens with zero attached hydrogens (tertiary/aromatic N) is 1. The van der Waals surface area contributed by atoms with Crippen LogP contribution in [-0.2, 0) is 26.8 Å². The largest absolute Gasteiger partial charge is 0.352 e. The number of fused-ring (bicyclic) bond motifs is 1. The van der Waals surface area contributed by atoms with Crippen molar-refractivity contribution < 1.29 is 14.4 Å². The van der Waals surface area contributed by atoms with Crippen LogP contribution in [0, 0.1) is 0 Å². The minimum absolute atomic E-state index is 0.0277. The maximum Gasteiger partial charge on any atom is 0.251 e. The minimum atomic E-state index is -0.506. The van der Waals surface area contributed by atoms with E-state index >= 15 is 0 Å². The highest BCUT2D eigenvalue weighted by Crippen LogP contribution is 2.40. The number of Topliss-reactive ketones (excluding diaryl/α,β-unsaturated/α-hetero) is 1. The van der Waals surface area contributed by atoms with Crippen molar-refractivity contribution in [3.63, 3.8) is 0 Å². The number of hydrogen-bond acceptors (Lipinski definition) is 3. The number of likely N-dealkylation sites (tertiary alicyclic amines) is 1. The fraction of sp³-hybridized carbons (Fsp3) is 0.464. The van der Waals surface area contributed by atoms with E-state index in [1.54, 1.807) is 6.92 Å². The first-order chi connectivity index (χ1) is 15.7. The fourth-order valence-electron chi connectivity index (χ4n) is 5.55. The van der Waals surface area contributed by atoms with Gasteiger partial charge in [-0.2, -0.15) is 0 Å². The molecule has 1 aliphatic heterocycles. The molecule has 1 aliphatic carbocycles. The van der Waals surface area contributed by atoms with Crippen molar-refractivity contribution in [1.29, 1.82) is 0 Å². The van der Waals surface area contributed by atoms with Gasteiger partial charge in [-0.15, -0.1) is 0 Å². The SMILES string of the molecule is CC(=O)C1(c2ccccc2)CCN(C(=O)CCNC(=O)c2cccc3c2CCC3(C)C)CC1. The number of benzene rings is 2. The Morgan fingerprint density at radius 1 is 0.939 bits per heavy atom. The highest BCUT2D eigenvalue weighted by atomic mass is 16.2. The predicted molar refractivity (Wildman–Crippen MR) is 129 cm³/mol. The molecule has 33 heavy (non-hydrogen) atoms. The van der Waals surface area contributed by atoms with E-state index in [9.17, 15) is 14.4 Å². The van der Waals surface area contributed by atoms with Crippen LogP contribution in [0.4, 0.5) is 0 Å². The summed E-state index contributed by atoms with van der Waals surface area (Å²) in [4.78, 5) is 40.0. The first-order valence-corrected chi connectivity index (χ1v) is 12.0. The second-order valence-electron chi connectivity index (χ2n) is 10.1. The molecule has 0 aromatic heterocycles. The van der Waals surface area contributed by atoms with Crippen LogP contribution in [0.3, 0.4) is 0 Å². The normalized spacial score (nSPS) is 18.5. The maximum absolute atomic E-state index is 12.8. The first kappa shape index (κ1) is 23.2. The van der Waals surface area contributed by atoms with Crippen LogP contribution < -0.4 is 5.32 Å². The van der Waals surface area contributed by atoms with Gasteiger partial charge in [0.05, 0.1) is 5.41 Å². The smallest absolute Gasteiger partial charge is 0.251 e. The number of carbonyl (C=O) groups excluding carboxylic acids is 3. The predicted octanol–water partition coefficient (Wildman–Crippen LogP) is 4.18. The Kier molecular flexibility index (Phi) is 6.42. The molecule has 1 N–H and O–H groups in total. The summed E-state index contributed by atoms with van der Waals surface area (Å²) in [5.41, 5.74) is 3.77. The van der Waals surface area contributed by atoms with Crippen molar-refractivity contribution in [2.75, 3.05) is 19.6 Å². The minimum Gasteiger partial charge on any atom is -0.352 e. The molecule has 2 amide bonds. The molecule has 5 nitrogen and oxygen atoms in total. The van der Waals surface area contributed by atoms with Crippen LogP contribution in [0.1, 0.15) is 73.5 Å². The van der Waals surface area contributed by atoms with Gasteiger partial charge in [0, 0.05) is 31.6 Å². The molecule has 174 valence electrons. The molecule has 1 saturated heterocycles. The summed E-state index contributed by atoms with van der Waals surface area (Å²) in [6, 6.07) is 15.9. The Morgan fingerprint density at radius 3 is 2.30 bits per heavy atom. The van der Waals surface area contributed by atoms with Gasteiger partial charge in [0.15, 0.2) is 0 Å². The topological polar surface area (TPSA) is 66.5 Å². The fourth-order valence-corrected chi connectivity index (χ4v) is 5.55. The van der Waals surface area contributed by atoms with Crippen molar-refractivity contribution in [2.24, 2.45) is 0 Å². The number of ketones is 1. The zero-order valence-corrected chi connectivity index (χ0v) is 19.9. The summed E-state index contributed by atoms with van der Waals surface area (Å²) < 4.78 is 0. The summed E-state index contributed by atoms with van der Waals surface area (Å²) in [6.07, 6.45) is 3.50. The van der Waals surface area contributed by atoms with E-state index in [1.165, 1.54) is 5.56 Å². The lowest BCUT2D eigenvalue weighted by atomic mass is 9.70. The molecule has 0 unspecified atom stereocenters. The van der Waals surface area contributed by atoms with Gasteiger partial charge < -0.3 is 10.2 Å². The van der Waals surface area contributed by atoms with Gasteiger partial charge in [0.2, 0.25) is 5.91 Å². The van der Waals surface area contributed by atoms with Gasteiger partial charge in [-0.25, -0.2) is 0 Å². The monoisotopic (exact) mass is 446 g/mol. The number of rotatable bonds is 6. The van der Waals surface area contributed by atoms with E-state index in [-0.39, 0.29) is 29.4 Å². The van der Waals surface area contributed by atoms with Crippen molar-refractivity contribution in [1.82, 2.24) is 10.2 Å². The number of amides is 2. The molecule has 1 fully saturated rings. The quantitative estimate of drug-likeness (QED) is 0.724. The molecule has 0 saturated carbocycles. The summed E-state index contributed by atoms with van der Waals surface area (Å²) in [5, 5.41) is 2.95. The van der Waals surface area contributed by atoms with E-state index < -0.39 is 5.41 Å². The Balaban J connectivity index is 1.32. The van der Waals surface area contributed by atoms with Crippen LogP contribution >= 0.6 is 0 Å². The lowest BCUT2D eigenvalue weighted by Gasteiger charge is -2.40. The molecular weight excluding hydrogens is 412 g/mol. The van der Waals surface area contributed by atoms with Gasteiger partial charge in [-0.3, -0.25) is 14.4 Å². The van der Waals surface area contributed by atoms with Crippen LogP contribution in [0.2, 0.25) is 0 Å². The number of piperidine rings is 1. The average molecular weight is 447 g/mol. The summed E-state index contributed by atoms with van der Waals surface area (Å²) in [6.45, 7) is 7.52. The molecule has 0 bridgehead atoms. The molecule has 2 aromatic carbocycles. The van der Waals surface area contributed by atoms with Gasteiger partial charge in [0.1, 0.15) is 5.78 Å². The zero-order valence-electron chi connectivity index (χ0n) is 19.9. The van der Waals surface area contributed by atoms with Crippen molar-refractivity contribution >= 4 is 17.6 Å². The third-order valence-electron chi connectivity index (χ3n) is 7.74. The molecule has 1 heterocycles. The van der Waals surface area contributed by atoms with Crippen LogP contribution in [0.25, 0.3) is 0 Å². The Labute approximate surface area is 196 Å². The van der Waals surface area contributed by atoms with Gasteiger partial charge in [0.25, 0.3) is 5.91 Å². The Morgan fingerprint density at radius 2 is 1.64 bits per heavy atom. The Bertz CT molecular complexity index is 1050. The summed E-state index contributed by atoms with van der Waals surface area (Å²) in [5.74, 6) is 0.0854. The summed E-state index contributed by atoms with van der Waals surface area (Å²) >= 11 is 0. The van der Waals surface area contributed by atoms with Gasteiger partial charge >= 0.3 is 0 Å². The molecule has 0 spiro atoms. The van der Waals surface area contributed by atoms with Crippen molar-refractivity contribution in [3.05, 3.63) is 70.8 Å². The van der Waals surface area contributed by atoms with E-state index in [1.807, 2.05) is 47.4 Å². The molecule has 0 radical (unpaired) electrons. The molecule has 2 aromatic rings. The average Bonchev–Trinajstić information content (AvgIpc) is 3.14. The zero-order chi connectivity index (χ0) is 23.6. The number of nitrogens with one attached hydrogen (secondary N) is 1. The van der Waals surface area contributed by atoms with Crippen LogP contribution in [-0.4, -0.2) is 42.1 Å². The maximum atomic E-state index is 12.8. The van der Waals surface area contributed by atoms with Crippen molar-refractivity contribution in [3.8, 4) is 0 Å². The highest BCUT2D eigenvalue weighted by Gasteiger charge is 2.41. The molecular formula is C28H34N2O3. The molecule has 2 aliphatic rings. The van der Waals surface area contributed by atoms with Gasteiger partial charge in [-0.1, -0.05) is 56.3 Å². The van der Waals surface area contributed by atoms with Crippen LogP contribution in [0.5, 0.6) is 0 Å². The number of carbonyl (C=O) groups is 3. The van der Waals surface area contributed by atoms with Crippen LogP contribution in [0.15, 0.2) is 48.5 Å². The summed E-state index contributed by atoms with van der Waals surface area (Å²) in [7, 11) is 0. The highest BCUT2D eigenvalue weighted by molar-refractivity contribution is 5.96. The standard InChI is InChI=1S/C28H34N2O3/c1-20(31)28(21-8-5-4-6-9-21)15-18-30(19-16-28)25(32)13-17-29-26(33)23-10-7-11-24-22(23)12-14-27(24,2)3/h4-11H,12-19H2,1-3H3,(H,29,33). The van der Waals surface area contributed by atoms with E-state index in [0.717, 1.165) is 29.5 Å². The van der Waals surface area contributed by atoms with E-state index in [4.69, 9.17) is 0 Å². The molecule has 0 atom stereocenters.